The molecule has 2 aromatic rings. The van der Waals surface area contributed by atoms with E-state index in [1.165, 1.54) is 16.4 Å². The summed E-state index contributed by atoms with van der Waals surface area (Å²) in [5, 5.41) is 2.83. The molecule has 10 nitrogen and oxygen atoms in total. The summed E-state index contributed by atoms with van der Waals surface area (Å²) in [5.41, 5.74) is 1.78. The van der Waals surface area contributed by atoms with Crippen molar-refractivity contribution < 1.29 is 32.2 Å². The Bertz CT molecular complexity index is 1240. The summed E-state index contributed by atoms with van der Waals surface area (Å²) in [6, 6.07) is 9.91. The Labute approximate surface area is 197 Å². The topological polar surface area (TPSA) is 114 Å². The molecule has 11 heteroatoms. The van der Waals surface area contributed by atoms with Gasteiger partial charge in [0.15, 0.2) is 11.5 Å². The number of anilines is 2. The Morgan fingerprint density at radius 2 is 1.82 bits per heavy atom. The van der Waals surface area contributed by atoms with Crippen LogP contribution in [0.4, 0.5) is 11.4 Å². The van der Waals surface area contributed by atoms with Crippen LogP contribution < -0.4 is 19.7 Å². The molecule has 2 amide bonds. The van der Waals surface area contributed by atoms with Gasteiger partial charge in [-0.15, -0.1) is 0 Å². The number of sulfonamides is 1. The summed E-state index contributed by atoms with van der Waals surface area (Å²) < 4.78 is 43.3. The number of hydrogen-bond donors (Lipinski definition) is 1. The van der Waals surface area contributed by atoms with Crippen LogP contribution in [0.2, 0.25) is 0 Å². The van der Waals surface area contributed by atoms with Gasteiger partial charge in [-0.1, -0.05) is 6.07 Å². The molecule has 2 aromatic carbocycles. The highest BCUT2D eigenvalue weighted by Crippen LogP contribution is 2.37. The van der Waals surface area contributed by atoms with Gasteiger partial charge in [0, 0.05) is 43.5 Å². The third kappa shape index (κ3) is 4.22. The second-order valence-corrected chi connectivity index (χ2v) is 10.4. The maximum Gasteiger partial charge on any atom is 0.243 e. The van der Waals surface area contributed by atoms with Crippen LogP contribution in [0.3, 0.4) is 0 Å². The van der Waals surface area contributed by atoms with Crippen LogP contribution in [0.1, 0.15) is 12.0 Å². The van der Waals surface area contributed by atoms with Crippen molar-refractivity contribution in [2.24, 2.45) is 5.92 Å². The second-order valence-electron chi connectivity index (χ2n) is 8.43. The van der Waals surface area contributed by atoms with Gasteiger partial charge in [0.25, 0.3) is 0 Å². The Hall–Kier alpha value is -3.15. The highest BCUT2D eigenvalue weighted by atomic mass is 32.2. The number of carbonyl (C=O) groups is 2. The van der Waals surface area contributed by atoms with Crippen LogP contribution >= 0.6 is 0 Å². The fourth-order valence-electron chi connectivity index (χ4n) is 4.25. The SMILES string of the molecule is Cc1ccc(S(=O)(=O)N2CCOCC2)cc1NC(=O)C1CC(=O)N(c2ccc3c(c2)OCO3)C1. The molecule has 2 saturated heterocycles. The third-order valence-corrected chi connectivity index (χ3v) is 8.13. The summed E-state index contributed by atoms with van der Waals surface area (Å²) in [7, 11) is -3.70. The molecule has 0 spiro atoms. The van der Waals surface area contributed by atoms with Gasteiger partial charge in [-0.05, 0) is 36.8 Å². The van der Waals surface area contributed by atoms with Gasteiger partial charge >= 0.3 is 0 Å². The molecule has 3 heterocycles. The lowest BCUT2D eigenvalue weighted by Crippen LogP contribution is -2.40. The van der Waals surface area contributed by atoms with E-state index in [0.29, 0.717) is 36.1 Å². The predicted octanol–water partition coefficient (Wildman–Crippen LogP) is 1.74. The first-order valence-electron chi connectivity index (χ1n) is 11.0. The monoisotopic (exact) mass is 487 g/mol. The molecule has 34 heavy (non-hydrogen) atoms. The smallest absolute Gasteiger partial charge is 0.243 e. The summed E-state index contributed by atoms with van der Waals surface area (Å²) in [6.45, 7) is 3.43. The Kier molecular flexibility index (Phi) is 5.92. The molecule has 0 aromatic heterocycles. The molecule has 0 radical (unpaired) electrons. The van der Waals surface area contributed by atoms with Crippen molar-refractivity contribution in [3.63, 3.8) is 0 Å². The van der Waals surface area contributed by atoms with Gasteiger partial charge in [0.2, 0.25) is 28.6 Å². The summed E-state index contributed by atoms with van der Waals surface area (Å²) in [4.78, 5) is 27.3. The highest BCUT2D eigenvalue weighted by Gasteiger charge is 2.36. The zero-order valence-corrected chi connectivity index (χ0v) is 19.5. The second kappa shape index (κ2) is 8.90. The lowest BCUT2D eigenvalue weighted by molar-refractivity contribution is -0.122. The van der Waals surface area contributed by atoms with Gasteiger partial charge in [0.1, 0.15) is 0 Å². The molecule has 0 bridgehead atoms. The largest absolute Gasteiger partial charge is 0.454 e. The average Bonchev–Trinajstić information content (AvgIpc) is 3.47. The number of carbonyl (C=O) groups excluding carboxylic acids is 2. The zero-order chi connectivity index (χ0) is 23.9. The standard InChI is InChI=1S/C23H25N3O7S/c1-15-2-4-18(34(29,30)25-6-8-31-9-7-25)12-19(15)24-23(28)16-10-22(27)26(13-16)17-3-5-20-21(11-17)33-14-32-20/h2-5,11-12,16H,6-10,13-14H2,1H3,(H,24,28). The van der Waals surface area contributed by atoms with Crippen LogP contribution in [-0.2, 0) is 24.3 Å². The van der Waals surface area contributed by atoms with E-state index in [2.05, 4.69) is 5.32 Å². The maximum absolute atomic E-state index is 13.0. The van der Waals surface area contributed by atoms with E-state index in [4.69, 9.17) is 14.2 Å². The van der Waals surface area contributed by atoms with Crippen LogP contribution in [0.25, 0.3) is 0 Å². The van der Waals surface area contributed by atoms with Crippen molar-refractivity contribution in [1.82, 2.24) is 4.31 Å². The Balaban J connectivity index is 1.31. The Morgan fingerprint density at radius 1 is 1.06 bits per heavy atom. The van der Waals surface area contributed by atoms with E-state index in [1.807, 2.05) is 0 Å². The van der Waals surface area contributed by atoms with Gasteiger partial charge in [-0.2, -0.15) is 4.31 Å². The molecule has 5 rings (SSSR count). The normalized spacial score (nSPS) is 20.6. The number of benzene rings is 2. The molecule has 3 aliphatic heterocycles. The van der Waals surface area contributed by atoms with Crippen molar-refractivity contribution >= 4 is 33.2 Å². The number of aryl methyl sites for hydroxylation is 1. The zero-order valence-electron chi connectivity index (χ0n) is 18.7. The quantitative estimate of drug-likeness (QED) is 0.683. The van der Waals surface area contributed by atoms with Crippen molar-refractivity contribution in [3.05, 3.63) is 42.0 Å². The summed E-state index contributed by atoms with van der Waals surface area (Å²) in [6.07, 6.45) is 0.0606. The van der Waals surface area contributed by atoms with Crippen molar-refractivity contribution in [2.75, 3.05) is 49.9 Å². The minimum atomic E-state index is -3.70. The first-order valence-corrected chi connectivity index (χ1v) is 12.5. The average molecular weight is 488 g/mol. The van der Waals surface area contributed by atoms with Gasteiger partial charge < -0.3 is 24.4 Å². The summed E-state index contributed by atoms with van der Waals surface area (Å²) >= 11 is 0. The fraction of sp³-hybridized carbons (Fsp3) is 0.391. The maximum atomic E-state index is 13.0. The fourth-order valence-corrected chi connectivity index (χ4v) is 5.69. The van der Waals surface area contributed by atoms with E-state index in [1.54, 1.807) is 36.1 Å². The van der Waals surface area contributed by atoms with Crippen molar-refractivity contribution in [1.29, 1.82) is 0 Å². The molecule has 1 atom stereocenters. The van der Waals surface area contributed by atoms with Crippen molar-refractivity contribution in [2.45, 2.75) is 18.2 Å². The van der Waals surface area contributed by atoms with E-state index in [-0.39, 0.29) is 49.6 Å². The van der Waals surface area contributed by atoms with Crippen LogP contribution in [0.15, 0.2) is 41.3 Å². The number of amides is 2. The van der Waals surface area contributed by atoms with Crippen LogP contribution in [0.5, 0.6) is 11.5 Å². The number of hydrogen-bond acceptors (Lipinski definition) is 7. The minimum absolute atomic E-state index is 0.0606. The van der Waals surface area contributed by atoms with Gasteiger partial charge in [-0.25, -0.2) is 8.42 Å². The number of nitrogens with one attached hydrogen (secondary N) is 1. The van der Waals surface area contributed by atoms with Crippen LogP contribution in [-0.4, -0.2) is 64.2 Å². The van der Waals surface area contributed by atoms with Crippen molar-refractivity contribution in [3.8, 4) is 11.5 Å². The molecule has 1 N–H and O–H groups in total. The minimum Gasteiger partial charge on any atom is -0.454 e. The molecule has 1 unspecified atom stereocenters. The molecule has 180 valence electrons. The van der Waals surface area contributed by atoms with Crippen LogP contribution in [0, 0.1) is 12.8 Å². The van der Waals surface area contributed by atoms with E-state index >= 15 is 0 Å². The molecule has 0 aliphatic carbocycles. The predicted molar refractivity (Wildman–Crippen MR) is 122 cm³/mol. The number of nitrogens with zero attached hydrogens (tertiary/aromatic N) is 2. The number of ether oxygens (including phenoxy) is 3. The number of fused-ring (bicyclic) bond motifs is 1. The third-order valence-electron chi connectivity index (χ3n) is 6.24. The highest BCUT2D eigenvalue weighted by molar-refractivity contribution is 7.89. The summed E-state index contributed by atoms with van der Waals surface area (Å²) in [5.74, 6) is 0.107. The molecule has 2 fully saturated rings. The lowest BCUT2D eigenvalue weighted by atomic mass is 10.1. The molecule has 0 saturated carbocycles. The molecular weight excluding hydrogens is 462 g/mol. The first kappa shape index (κ1) is 22.6. The Morgan fingerprint density at radius 3 is 2.62 bits per heavy atom. The number of rotatable bonds is 5. The number of morpholine rings is 1. The van der Waals surface area contributed by atoms with E-state index in [9.17, 15) is 18.0 Å². The van der Waals surface area contributed by atoms with E-state index in [0.717, 1.165) is 5.56 Å². The lowest BCUT2D eigenvalue weighted by Gasteiger charge is -2.26. The van der Waals surface area contributed by atoms with E-state index < -0.39 is 15.9 Å². The molecular formula is C23H25N3O7S. The first-order chi connectivity index (χ1) is 16.3. The molecule has 3 aliphatic rings. The van der Waals surface area contributed by atoms with Gasteiger partial charge in [0.05, 0.1) is 24.0 Å². The van der Waals surface area contributed by atoms with Gasteiger partial charge in [-0.3, -0.25) is 9.59 Å².